The van der Waals surface area contributed by atoms with Crippen LogP contribution in [0.3, 0.4) is 0 Å². The van der Waals surface area contributed by atoms with Gasteiger partial charge in [0.15, 0.2) is 5.82 Å². The van der Waals surface area contributed by atoms with E-state index in [4.69, 9.17) is 5.73 Å². The molecule has 0 bridgehead atoms. The van der Waals surface area contributed by atoms with E-state index in [2.05, 4.69) is 28.6 Å². The number of anilines is 1. The lowest BCUT2D eigenvalue weighted by Crippen LogP contribution is -2.04. The van der Waals surface area contributed by atoms with Crippen LogP contribution in [0.15, 0.2) is 30.3 Å². The van der Waals surface area contributed by atoms with Crippen LogP contribution in [0, 0.1) is 5.92 Å². The van der Waals surface area contributed by atoms with Gasteiger partial charge in [-0.15, -0.1) is 0 Å². The van der Waals surface area contributed by atoms with Gasteiger partial charge in [0, 0.05) is 17.3 Å². The van der Waals surface area contributed by atoms with Crippen molar-refractivity contribution in [2.75, 3.05) is 5.73 Å². The second-order valence-electron chi connectivity index (χ2n) is 5.11. The van der Waals surface area contributed by atoms with E-state index in [1.54, 1.807) is 18.2 Å². The number of ether oxygens (including phenoxy) is 1. The predicted molar refractivity (Wildman–Crippen MR) is 77.1 cm³/mol. The lowest BCUT2D eigenvalue weighted by molar-refractivity contribution is -0.0498. The molecule has 0 saturated heterocycles. The summed E-state index contributed by atoms with van der Waals surface area (Å²) in [7, 11) is 0. The first-order chi connectivity index (χ1) is 9.94. The minimum Gasteiger partial charge on any atom is -0.435 e. The quantitative estimate of drug-likeness (QED) is 0.916. The van der Waals surface area contributed by atoms with Crippen LogP contribution >= 0.6 is 0 Å². The third kappa shape index (κ3) is 4.37. The van der Waals surface area contributed by atoms with Gasteiger partial charge in [-0.1, -0.05) is 13.8 Å². The summed E-state index contributed by atoms with van der Waals surface area (Å²) >= 11 is 0. The number of nitrogens with two attached hydrogens (primary N) is 1. The highest BCUT2D eigenvalue weighted by atomic mass is 19.3. The van der Waals surface area contributed by atoms with Crippen LogP contribution in [-0.2, 0) is 6.42 Å². The summed E-state index contributed by atoms with van der Waals surface area (Å²) in [5.74, 6) is 1.42. The number of rotatable bonds is 5. The topological polar surface area (TPSA) is 61.0 Å². The van der Waals surface area contributed by atoms with Gasteiger partial charge in [-0.2, -0.15) is 8.78 Å². The molecular weight excluding hydrogens is 276 g/mol. The molecule has 0 aliphatic carbocycles. The fraction of sp³-hybridized carbons (Fsp3) is 0.333. The molecule has 1 aromatic carbocycles. The van der Waals surface area contributed by atoms with Gasteiger partial charge in [0.05, 0.1) is 0 Å². The maximum absolute atomic E-state index is 12.1. The van der Waals surface area contributed by atoms with E-state index in [1.807, 2.05) is 0 Å². The molecule has 0 unspecified atom stereocenters. The van der Waals surface area contributed by atoms with Crippen molar-refractivity contribution >= 4 is 5.82 Å². The van der Waals surface area contributed by atoms with Crippen LogP contribution < -0.4 is 10.5 Å². The highest BCUT2D eigenvalue weighted by molar-refractivity contribution is 5.58. The van der Waals surface area contributed by atoms with Crippen LogP contribution in [-0.4, -0.2) is 16.6 Å². The molecule has 6 heteroatoms. The van der Waals surface area contributed by atoms with Crippen molar-refractivity contribution in [1.29, 1.82) is 0 Å². The summed E-state index contributed by atoms with van der Waals surface area (Å²) in [5, 5.41) is 0. The Kier molecular flexibility index (Phi) is 4.67. The van der Waals surface area contributed by atoms with Gasteiger partial charge in [0.1, 0.15) is 11.6 Å². The van der Waals surface area contributed by atoms with Crippen molar-refractivity contribution in [2.45, 2.75) is 26.9 Å². The Morgan fingerprint density at radius 3 is 2.38 bits per heavy atom. The van der Waals surface area contributed by atoms with Crippen LogP contribution in [0.4, 0.5) is 14.6 Å². The van der Waals surface area contributed by atoms with Crippen LogP contribution in [0.2, 0.25) is 0 Å². The van der Waals surface area contributed by atoms with Crippen molar-refractivity contribution in [3.05, 3.63) is 36.0 Å². The van der Waals surface area contributed by atoms with Crippen molar-refractivity contribution in [1.82, 2.24) is 9.97 Å². The first-order valence-electron chi connectivity index (χ1n) is 6.62. The monoisotopic (exact) mass is 293 g/mol. The Bertz CT molecular complexity index is 600. The molecule has 0 radical (unpaired) electrons. The number of alkyl halides is 2. The molecule has 0 atom stereocenters. The molecule has 2 aromatic rings. The third-order valence-electron chi connectivity index (χ3n) is 2.75. The van der Waals surface area contributed by atoms with Crippen molar-refractivity contribution in [3.8, 4) is 17.1 Å². The molecule has 0 aliphatic heterocycles. The zero-order valence-corrected chi connectivity index (χ0v) is 11.9. The predicted octanol–water partition coefficient (Wildman–Crippen LogP) is 3.53. The average Bonchev–Trinajstić information content (AvgIpc) is 2.37. The van der Waals surface area contributed by atoms with E-state index in [-0.39, 0.29) is 5.75 Å². The maximum atomic E-state index is 12.1. The Hall–Kier alpha value is -2.24. The van der Waals surface area contributed by atoms with Gasteiger partial charge >= 0.3 is 6.61 Å². The van der Waals surface area contributed by atoms with E-state index in [1.165, 1.54) is 12.1 Å². The van der Waals surface area contributed by atoms with E-state index in [0.717, 1.165) is 12.1 Å². The molecule has 4 nitrogen and oxygen atoms in total. The van der Waals surface area contributed by atoms with Crippen LogP contribution in [0.1, 0.15) is 19.5 Å². The van der Waals surface area contributed by atoms with Crippen molar-refractivity contribution < 1.29 is 13.5 Å². The van der Waals surface area contributed by atoms with Crippen molar-refractivity contribution in [2.24, 2.45) is 5.92 Å². The number of halogens is 2. The molecule has 112 valence electrons. The summed E-state index contributed by atoms with van der Waals surface area (Å²) in [6.07, 6.45) is 0.798. The normalized spacial score (nSPS) is 11.1. The van der Waals surface area contributed by atoms with Crippen LogP contribution in [0.5, 0.6) is 5.75 Å². The molecule has 0 saturated carbocycles. The van der Waals surface area contributed by atoms with E-state index >= 15 is 0 Å². The zero-order chi connectivity index (χ0) is 15.4. The van der Waals surface area contributed by atoms with Gasteiger partial charge in [0.25, 0.3) is 0 Å². The maximum Gasteiger partial charge on any atom is 0.387 e. The van der Waals surface area contributed by atoms with E-state index < -0.39 is 6.61 Å². The summed E-state index contributed by atoms with van der Waals surface area (Å²) in [6, 6.07) is 7.92. The Labute approximate surface area is 122 Å². The molecule has 0 amide bonds. The highest BCUT2D eigenvalue weighted by Gasteiger charge is 2.09. The number of benzene rings is 1. The number of hydrogen-bond acceptors (Lipinski definition) is 4. The number of hydrogen-bond donors (Lipinski definition) is 1. The molecule has 0 aliphatic rings. The zero-order valence-electron chi connectivity index (χ0n) is 11.9. The molecule has 0 spiro atoms. The first kappa shape index (κ1) is 15.2. The highest BCUT2D eigenvalue weighted by Crippen LogP contribution is 2.22. The first-order valence-corrected chi connectivity index (χ1v) is 6.62. The molecule has 0 fully saturated rings. The number of nitrogen functional groups attached to an aromatic ring is 1. The second-order valence-corrected chi connectivity index (χ2v) is 5.11. The Morgan fingerprint density at radius 2 is 1.81 bits per heavy atom. The van der Waals surface area contributed by atoms with E-state index in [9.17, 15) is 8.78 Å². The molecule has 2 N–H and O–H groups in total. The smallest absolute Gasteiger partial charge is 0.387 e. The Morgan fingerprint density at radius 1 is 1.14 bits per heavy atom. The fourth-order valence-electron chi connectivity index (χ4n) is 1.96. The fourth-order valence-corrected chi connectivity index (χ4v) is 1.96. The molecular formula is C15H17F2N3O. The van der Waals surface area contributed by atoms with Gasteiger partial charge in [0.2, 0.25) is 0 Å². The average molecular weight is 293 g/mol. The lowest BCUT2D eigenvalue weighted by Gasteiger charge is -2.09. The molecule has 1 aromatic heterocycles. The standard InChI is InChI=1S/C15H17F2N3O/c1-9(2)7-11-8-13(18)20-14(19-11)10-3-5-12(6-4-10)21-15(16)17/h3-6,8-9,15H,7H2,1-2H3,(H2,18,19,20). The summed E-state index contributed by atoms with van der Waals surface area (Å²) < 4.78 is 28.5. The molecule has 21 heavy (non-hydrogen) atoms. The number of nitrogens with zero attached hydrogens (tertiary/aromatic N) is 2. The second kappa shape index (κ2) is 6.47. The molecule has 2 rings (SSSR count). The minimum absolute atomic E-state index is 0.0973. The van der Waals surface area contributed by atoms with E-state index in [0.29, 0.717) is 23.1 Å². The third-order valence-corrected chi connectivity index (χ3v) is 2.75. The SMILES string of the molecule is CC(C)Cc1cc(N)nc(-c2ccc(OC(F)F)cc2)n1. The summed E-state index contributed by atoms with van der Waals surface area (Å²) in [5.41, 5.74) is 7.36. The van der Waals surface area contributed by atoms with Crippen molar-refractivity contribution in [3.63, 3.8) is 0 Å². The molecule has 1 heterocycles. The van der Waals surface area contributed by atoms with Gasteiger partial charge < -0.3 is 10.5 Å². The van der Waals surface area contributed by atoms with Gasteiger partial charge in [-0.3, -0.25) is 0 Å². The summed E-state index contributed by atoms with van der Waals surface area (Å²) in [6.45, 7) is 1.35. The minimum atomic E-state index is -2.84. The van der Waals surface area contributed by atoms with Crippen LogP contribution in [0.25, 0.3) is 11.4 Å². The lowest BCUT2D eigenvalue weighted by atomic mass is 10.1. The summed E-state index contributed by atoms with van der Waals surface area (Å²) in [4.78, 5) is 8.63. The van der Waals surface area contributed by atoms with Gasteiger partial charge in [-0.05, 0) is 36.6 Å². The number of aromatic nitrogens is 2. The van der Waals surface area contributed by atoms with Gasteiger partial charge in [-0.25, -0.2) is 9.97 Å². The Balaban J connectivity index is 2.26. The largest absolute Gasteiger partial charge is 0.435 e.